The lowest BCUT2D eigenvalue weighted by atomic mass is 9.78. The zero-order valence-electron chi connectivity index (χ0n) is 14.6. The zero-order valence-corrected chi connectivity index (χ0v) is 14.6. The first-order valence-corrected chi connectivity index (χ1v) is 8.25. The molecule has 2 atom stereocenters. The predicted molar refractivity (Wildman–Crippen MR) is 96.3 cm³/mol. The topological polar surface area (TPSA) is 75.3 Å². The van der Waals surface area contributed by atoms with Gasteiger partial charge in [0.1, 0.15) is 0 Å². The molecule has 0 fully saturated rings. The maximum atomic E-state index is 11.3. The van der Waals surface area contributed by atoms with E-state index in [4.69, 9.17) is 0 Å². The van der Waals surface area contributed by atoms with E-state index >= 15 is 0 Å². The molecule has 1 aromatic heterocycles. The number of imidazole rings is 1. The maximum Gasteiger partial charge on any atom is 0.335 e. The van der Waals surface area contributed by atoms with Crippen molar-refractivity contribution in [2.75, 3.05) is 0 Å². The standard InChI is InChI=1S/C20H22N2O3/c1-13-8-16(19(23)24)9-14(2)18(13)11-20(25)10-17(5-4-15(20)3)22-7-6-21-12-22/h4-10,12,15,25H,11H2,1-3H3,(H,23,24). The number of allylic oxidation sites excluding steroid dienone is 2. The van der Waals surface area contributed by atoms with Crippen LogP contribution in [-0.4, -0.2) is 31.3 Å². The number of carboxylic acid groups (broad SMARTS) is 1. The highest BCUT2D eigenvalue weighted by molar-refractivity contribution is 5.88. The molecular formula is C20H22N2O3. The molecule has 25 heavy (non-hydrogen) atoms. The molecule has 3 rings (SSSR count). The number of aromatic nitrogens is 2. The SMILES string of the molecule is Cc1cc(C(=O)O)cc(C)c1CC1(O)C=C(n2ccnc2)C=CC1C. The van der Waals surface area contributed by atoms with Crippen molar-refractivity contribution < 1.29 is 15.0 Å². The second kappa shape index (κ2) is 6.33. The highest BCUT2D eigenvalue weighted by Crippen LogP contribution is 2.34. The fourth-order valence-corrected chi connectivity index (χ4v) is 3.31. The minimum atomic E-state index is -1.05. The third-order valence-electron chi connectivity index (χ3n) is 4.95. The van der Waals surface area contributed by atoms with Crippen molar-refractivity contribution in [1.82, 2.24) is 9.55 Å². The van der Waals surface area contributed by atoms with E-state index in [2.05, 4.69) is 4.98 Å². The summed E-state index contributed by atoms with van der Waals surface area (Å²) >= 11 is 0. The van der Waals surface area contributed by atoms with Crippen LogP contribution in [0.1, 0.15) is 34.0 Å². The average molecular weight is 338 g/mol. The lowest BCUT2D eigenvalue weighted by Crippen LogP contribution is -2.38. The first-order chi connectivity index (χ1) is 11.8. The lowest BCUT2D eigenvalue weighted by Gasteiger charge is -2.34. The number of nitrogens with zero attached hydrogens (tertiary/aromatic N) is 2. The van der Waals surface area contributed by atoms with Crippen LogP contribution in [0.3, 0.4) is 0 Å². The summed E-state index contributed by atoms with van der Waals surface area (Å²) in [6.45, 7) is 5.76. The van der Waals surface area contributed by atoms with Gasteiger partial charge in [-0.25, -0.2) is 9.78 Å². The first kappa shape index (κ1) is 17.2. The monoisotopic (exact) mass is 338 g/mol. The third-order valence-corrected chi connectivity index (χ3v) is 4.95. The largest absolute Gasteiger partial charge is 0.478 e. The number of benzene rings is 1. The number of aliphatic hydroxyl groups is 1. The minimum absolute atomic E-state index is 0.0577. The third kappa shape index (κ3) is 3.28. The van der Waals surface area contributed by atoms with Crippen LogP contribution in [0.15, 0.2) is 49.1 Å². The molecule has 5 heteroatoms. The molecule has 0 spiro atoms. The van der Waals surface area contributed by atoms with Crippen LogP contribution in [0.2, 0.25) is 0 Å². The van der Waals surface area contributed by atoms with Gasteiger partial charge in [0.25, 0.3) is 0 Å². The van der Waals surface area contributed by atoms with Gasteiger partial charge in [0.2, 0.25) is 0 Å². The van der Waals surface area contributed by atoms with Crippen molar-refractivity contribution in [2.45, 2.75) is 32.8 Å². The van der Waals surface area contributed by atoms with Gasteiger partial charge in [-0.3, -0.25) is 0 Å². The van der Waals surface area contributed by atoms with Gasteiger partial charge in [-0.05, 0) is 54.8 Å². The van der Waals surface area contributed by atoms with Gasteiger partial charge in [-0.1, -0.05) is 13.0 Å². The molecule has 0 bridgehead atoms. The predicted octanol–water partition coefficient (Wildman–Crippen LogP) is 3.22. The van der Waals surface area contributed by atoms with Crippen LogP contribution in [0.4, 0.5) is 0 Å². The Morgan fingerprint density at radius 3 is 2.56 bits per heavy atom. The smallest absolute Gasteiger partial charge is 0.335 e. The summed E-state index contributed by atoms with van der Waals surface area (Å²) in [6.07, 6.45) is 11.5. The normalized spacial score (nSPS) is 22.7. The van der Waals surface area contributed by atoms with Crippen LogP contribution < -0.4 is 0 Å². The van der Waals surface area contributed by atoms with E-state index < -0.39 is 11.6 Å². The lowest BCUT2D eigenvalue weighted by molar-refractivity contribution is 0.0537. The van der Waals surface area contributed by atoms with E-state index in [-0.39, 0.29) is 11.5 Å². The number of hydrogen-bond acceptors (Lipinski definition) is 3. The number of rotatable bonds is 4. The molecule has 1 aromatic carbocycles. The first-order valence-electron chi connectivity index (χ1n) is 8.25. The summed E-state index contributed by atoms with van der Waals surface area (Å²) < 4.78 is 1.86. The van der Waals surface area contributed by atoms with Gasteiger partial charge < -0.3 is 14.8 Å². The van der Waals surface area contributed by atoms with E-state index in [1.165, 1.54) is 0 Å². The summed E-state index contributed by atoms with van der Waals surface area (Å²) in [6, 6.07) is 3.33. The van der Waals surface area contributed by atoms with E-state index in [0.717, 1.165) is 22.4 Å². The van der Waals surface area contributed by atoms with Crippen LogP contribution in [0, 0.1) is 19.8 Å². The van der Waals surface area contributed by atoms with Crippen molar-refractivity contribution >= 4 is 11.7 Å². The molecule has 1 heterocycles. The van der Waals surface area contributed by atoms with Crippen LogP contribution >= 0.6 is 0 Å². The Labute approximate surface area is 147 Å². The van der Waals surface area contributed by atoms with Gasteiger partial charge in [0.05, 0.1) is 17.5 Å². The second-order valence-electron chi connectivity index (χ2n) is 6.75. The Bertz CT molecular complexity index is 842. The second-order valence-corrected chi connectivity index (χ2v) is 6.75. The van der Waals surface area contributed by atoms with Crippen molar-refractivity contribution in [2.24, 2.45) is 5.92 Å². The molecule has 2 aromatic rings. The summed E-state index contributed by atoms with van der Waals surface area (Å²) in [7, 11) is 0. The number of hydrogen-bond donors (Lipinski definition) is 2. The molecule has 2 unspecified atom stereocenters. The Balaban J connectivity index is 1.98. The Kier molecular flexibility index (Phi) is 4.35. The van der Waals surface area contributed by atoms with E-state index in [0.29, 0.717) is 6.42 Å². The van der Waals surface area contributed by atoms with Gasteiger partial charge in [0, 0.05) is 30.4 Å². The Hall–Kier alpha value is -2.66. The molecule has 0 saturated heterocycles. The van der Waals surface area contributed by atoms with Gasteiger partial charge in [0.15, 0.2) is 0 Å². The molecule has 0 aliphatic heterocycles. The van der Waals surface area contributed by atoms with Crippen LogP contribution in [0.5, 0.6) is 0 Å². The van der Waals surface area contributed by atoms with Crippen LogP contribution in [-0.2, 0) is 6.42 Å². The van der Waals surface area contributed by atoms with Gasteiger partial charge >= 0.3 is 5.97 Å². The average Bonchev–Trinajstić information content (AvgIpc) is 3.08. The van der Waals surface area contributed by atoms with Gasteiger partial charge in [-0.15, -0.1) is 0 Å². The molecule has 0 saturated carbocycles. The van der Waals surface area contributed by atoms with Crippen molar-refractivity contribution in [3.63, 3.8) is 0 Å². The molecular weight excluding hydrogens is 316 g/mol. The summed E-state index contributed by atoms with van der Waals surface area (Å²) in [5.41, 5.74) is 2.84. The summed E-state index contributed by atoms with van der Waals surface area (Å²) in [5.74, 6) is -0.995. The fraction of sp³-hybridized carbons (Fsp3) is 0.300. The molecule has 1 aliphatic rings. The molecule has 0 radical (unpaired) electrons. The van der Waals surface area contributed by atoms with Crippen molar-refractivity contribution in [3.05, 3.63) is 71.3 Å². The Morgan fingerprint density at radius 1 is 1.32 bits per heavy atom. The van der Waals surface area contributed by atoms with Crippen LogP contribution in [0.25, 0.3) is 5.70 Å². The van der Waals surface area contributed by atoms with Crippen molar-refractivity contribution in [3.8, 4) is 0 Å². The maximum absolute atomic E-state index is 11.3. The molecule has 0 amide bonds. The van der Waals surface area contributed by atoms with E-state index in [1.54, 1.807) is 24.7 Å². The number of aromatic carboxylic acids is 1. The van der Waals surface area contributed by atoms with E-state index in [9.17, 15) is 15.0 Å². The summed E-state index contributed by atoms with van der Waals surface area (Å²) in [4.78, 5) is 15.3. The van der Waals surface area contributed by atoms with E-state index in [1.807, 2.05) is 49.8 Å². The minimum Gasteiger partial charge on any atom is -0.478 e. The highest BCUT2D eigenvalue weighted by Gasteiger charge is 2.34. The molecule has 1 aliphatic carbocycles. The zero-order chi connectivity index (χ0) is 18.2. The summed E-state index contributed by atoms with van der Waals surface area (Å²) in [5, 5.41) is 20.5. The number of aryl methyl sites for hydroxylation is 2. The highest BCUT2D eigenvalue weighted by atomic mass is 16.4. The molecule has 5 nitrogen and oxygen atoms in total. The quantitative estimate of drug-likeness (QED) is 0.897. The van der Waals surface area contributed by atoms with Gasteiger partial charge in [-0.2, -0.15) is 0 Å². The Morgan fingerprint density at radius 2 is 2.00 bits per heavy atom. The fourth-order valence-electron chi connectivity index (χ4n) is 3.31. The number of carboxylic acids is 1. The number of carbonyl (C=O) groups is 1. The molecule has 130 valence electrons. The molecule has 2 N–H and O–H groups in total. The van der Waals surface area contributed by atoms with Crippen molar-refractivity contribution in [1.29, 1.82) is 0 Å².